The van der Waals surface area contributed by atoms with Gasteiger partial charge in [0.05, 0.1) is 11.4 Å². The molecule has 2 amide bonds. The highest BCUT2D eigenvalue weighted by atomic mass is 16.2. The Bertz CT molecular complexity index is 846. The van der Waals surface area contributed by atoms with E-state index in [1.807, 2.05) is 73.7 Å². The number of anilines is 4. The maximum absolute atomic E-state index is 12.9. The molecule has 0 saturated carbocycles. The van der Waals surface area contributed by atoms with E-state index in [1.54, 1.807) is 17.0 Å². The van der Waals surface area contributed by atoms with Crippen molar-refractivity contribution in [1.82, 2.24) is 0 Å². The smallest absolute Gasteiger partial charge is 0.330 e. The summed E-state index contributed by atoms with van der Waals surface area (Å²) in [7, 11) is 0. The Hall–Kier alpha value is -3.27. The Morgan fingerprint density at radius 1 is 0.875 bits per heavy atom. The van der Waals surface area contributed by atoms with Crippen molar-refractivity contribution in [2.75, 3.05) is 16.0 Å². The first kappa shape index (κ1) is 15.6. The molecular weight excluding hydrogens is 298 g/mol. The number of urea groups is 1. The zero-order valence-electron chi connectivity index (χ0n) is 13.4. The summed E-state index contributed by atoms with van der Waals surface area (Å²) < 4.78 is 0. The van der Waals surface area contributed by atoms with Gasteiger partial charge in [0.25, 0.3) is 0 Å². The average Bonchev–Trinajstić information content (AvgIpc) is 2.56. The maximum Gasteiger partial charge on any atom is 0.330 e. The molecule has 0 atom stereocenters. The molecule has 0 bridgehead atoms. The van der Waals surface area contributed by atoms with Gasteiger partial charge < -0.3 is 11.1 Å². The van der Waals surface area contributed by atoms with E-state index in [1.165, 1.54) is 0 Å². The van der Waals surface area contributed by atoms with Gasteiger partial charge in [0, 0.05) is 11.4 Å². The van der Waals surface area contributed by atoms with Gasteiger partial charge in [0.15, 0.2) is 0 Å². The van der Waals surface area contributed by atoms with Crippen LogP contribution < -0.4 is 16.0 Å². The third-order valence-corrected chi connectivity index (χ3v) is 3.62. The fourth-order valence-electron chi connectivity index (χ4n) is 2.53. The highest BCUT2D eigenvalue weighted by molar-refractivity contribution is 6.07. The summed E-state index contributed by atoms with van der Waals surface area (Å²) in [6.07, 6.45) is 0. The van der Waals surface area contributed by atoms with Gasteiger partial charge in [-0.3, -0.25) is 4.90 Å². The van der Waals surface area contributed by atoms with Gasteiger partial charge in [0.2, 0.25) is 0 Å². The van der Waals surface area contributed by atoms with E-state index >= 15 is 0 Å². The number of carbonyl (C=O) groups excluding carboxylic acids is 1. The predicted molar refractivity (Wildman–Crippen MR) is 99.6 cm³/mol. The number of nitrogen functional groups attached to an aromatic ring is 1. The monoisotopic (exact) mass is 317 g/mol. The van der Waals surface area contributed by atoms with E-state index < -0.39 is 0 Å². The van der Waals surface area contributed by atoms with Crippen LogP contribution in [0.1, 0.15) is 5.56 Å². The zero-order chi connectivity index (χ0) is 16.9. The molecule has 120 valence electrons. The lowest BCUT2D eigenvalue weighted by Gasteiger charge is -2.23. The molecule has 0 aliphatic carbocycles. The first-order valence-electron chi connectivity index (χ1n) is 7.72. The van der Waals surface area contributed by atoms with Crippen molar-refractivity contribution in [2.45, 2.75) is 6.92 Å². The number of carbonyl (C=O) groups is 1. The second-order valence-corrected chi connectivity index (χ2v) is 5.57. The van der Waals surface area contributed by atoms with Crippen molar-refractivity contribution in [1.29, 1.82) is 0 Å². The summed E-state index contributed by atoms with van der Waals surface area (Å²) in [6, 6.07) is 24.2. The summed E-state index contributed by atoms with van der Waals surface area (Å²) in [4.78, 5) is 14.5. The molecule has 0 unspecified atom stereocenters. The standard InChI is InChI=1S/C20H19N3O/c1-15-7-5-9-17(13-15)22-20(24)23(18-10-3-2-4-11-18)19-12-6-8-16(21)14-19/h2-14H,21H2,1H3,(H,22,24). The van der Waals surface area contributed by atoms with E-state index in [4.69, 9.17) is 5.73 Å². The highest BCUT2D eigenvalue weighted by Gasteiger charge is 2.18. The molecule has 4 nitrogen and oxygen atoms in total. The second-order valence-electron chi connectivity index (χ2n) is 5.57. The minimum absolute atomic E-state index is 0.239. The second kappa shape index (κ2) is 6.87. The fourth-order valence-corrected chi connectivity index (χ4v) is 2.53. The van der Waals surface area contributed by atoms with Crippen LogP contribution >= 0.6 is 0 Å². The third-order valence-electron chi connectivity index (χ3n) is 3.62. The van der Waals surface area contributed by atoms with Gasteiger partial charge in [-0.15, -0.1) is 0 Å². The molecule has 4 heteroatoms. The molecule has 24 heavy (non-hydrogen) atoms. The van der Waals surface area contributed by atoms with Gasteiger partial charge in [-0.25, -0.2) is 4.79 Å². The molecule has 3 N–H and O–H groups in total. The summed E-state index contributed by atoms with van der Waals surface area (Å²) in [5.74, 6) is 0. The van der Waals surface area contributed by atoms with E-state index in [0.29, 0.717) is 11.4 Å². The van der Waals surface area contributed by atoms with Crippen molar-refractivity contribution < 1.29 is 4.79 Å². The average molecular weight is 317 g/mol. The minimum atomic E-state index is -0.239. The fraction of sp³-hybridized carbons (Fsp3) is 0.0500. The van der Waals surface area contributed by atoms with E-state index in [2.05, 4.69) is 5.32 Å². The Kier molecular flexibility index (Phi) is 4.47. The third kappa shape index (κ3) is 3.55. The van der Waals surface area contributed by atoms with Crippen LogP contribution in [0.25, 0.3) is 0 Å². The topological polar surface area (TPSA) is 58.4 Å². The van der Waals surface area contributed by atoms with Crippen molar-refractivity contribution in [3.63, 3.8) is 0 Å². The number of nitrogens with two attached hydrogens (primary N) is 1. The summed E-state index contributed by atoms with van der Waals surface area (Å²) >= 11 is 0. The summed E-state index contributed by atoms with van der Waals surface area (Å²) in [5, 5.41) is 2.95. The first-order valence-corrected chi connectivity index (χ1v) is 7.72. The van der Waals surface area contributed by atoms with E-state index in [0.717, 1.165) is 16.9 Å². The van der Waals surface area contributed by atoms with Crippen LogP contribution in [0.4, 0.5) is 27.5 Å². The molecule has 3 aromatic rings. The van der Waals surface area contributed by atoms with Crippen LogP contribution in [-0.4, -0.2) is 6.03 Å². The number of amides is 2. The van der Waals surface area contributed by atoms with Crippen LogP contribution in [0.2, 0.25) is 0 Å². The lowest BCUT2D eigenvalue weighted by atomic mass is 10.2. The Morgan fingerprint density at radius 2 is 1.58 bits per heavy atom. The first-order chi connectivity index (χ1) is 11.6. The number of hydrogen-bond donors (Lipinski definition) is 2. The molecule has 3 aromatic carbocycles. The quantitative estimate of drug-likeness (QED) is 0.672. The molecule has 0 fully saturated rings. The summed E-state index contributed by atoms with van der Waals surface area (Å²) in [6.45, 7) is 1.99. The number of nitrogens with zero attached hydrogens (tertiary/aromatic N) is 1. The van der Waals surface area contributed by atoms with Crippen molar-refractivity contribution in [2.24, 2.45) is 0 Å². The molecule has 0 spiro atoms. The molecule has 0 saturated heterocycles. The van der Waals surface area contributed by atoms with Crippen LogP contribution in [0.3, 0.4) is 0 Å². The van der Waals surface area contributed by atoms with Gasteiger partial charge in [-0.2, -0.15) is 0 Å². The molecule has 3 rings (SSSR count). The lowest BCUT2D eigenvalue weighted by molar-refractivity contribution is 0.259. The Balaban J connectivity index is 1.97. The van der Waals surface area contributed by atoms with Crippen LogP contribution in [0, 0.1) is 6.92 Å². The molecular formula is C20H19N3O. The van der Waals surface area contributed by atoms with Gasteiger partial charge >= 0.3 is 6.03 Å². The molecule has 0 heterocycles. The van der Waals surface area contributed by atoms with E-state index in [9.17, 15) is 4.79 Å². The molecule has 0 aliphatic heterocycles. The van der Waals surface area contributed by atoms with Gasteiger partial charge in [0.1, 0.15) is 0 Å². The minimum Gasteiger partial charge on any atom is -0.399 e. The van der Waals surface area contributed by atoms with Gasteiger partial charge in [-0.05, 0) is 55.0 Å². The van der Waals surface area contributed by atoms with Crippen molar-refractivity contribution in [3.05, 3.63) is 84.4 Å². The Labute approximate surface area is 141 Å². The number of rotatable bonds is 3. The van der Waals surface area contributed by atoms with Crippen molar-refractivity contribution in [3.8, 4) is 0 Å². The predicted octanol–water partition coefficient (Wildman–Crippen LogP) is 4.95. The van der Waals surface area contributed by atoms with Crippen molar-refractivity contribution >= 4 is 28.8 Å². The highest BCUT2D eigenvalue weighted by Crippen LogP contribution is 2.27. The number of hydrogen-bond acceptors (Lipinski definition) is 2. The lowest BCUT2D eigenvalue weighted by Crippen LogP contribution is -2.30. The number of benzene rings is 3. The SMILES string of the molecule is Cc1cccc(NC(=O)N(c2ccccc2)c2cccc(N)c2)c1. The van der Waals surface area contributed by atoms with Crippen LogP contribution in [-0.2, 0) is 0 Å². The number of aryl methyl sites for hydroxylation is 1. The normalized spacial score (nSPS) is 10.2. The molecule has 0 aliphatic rings. The molecule has 0 aromatic heterocycles. The largest absolute Gasteiger partial charge is 0.399 e. The Morgan fingerprint density at radius 3 is 2.29 bits per heavy atom. The maximum atomic E-state index is 12.9. The summed E-state index contributed by atoms with van der Waals surface area (Å²) in [5.41, 5.74) is 9.82. The number of para-hydroxylation sites is 1. The zero-order valence-corrected chi connectivity index (χ0v) is 13.4. The van der Waals surface area contributed by atoms with Crippen LogP contribution in [0.5, 0.6) is 0 Å². The van der Waals surface area contributed by atoms with Crippen LogP contribution in [0.15, 0.2) is 78.9 Å². The molecule has 0 radical (unpaired) electrons. The number of nitrogens with one attached hydrogen (secondary N) is 1. The van der Waals surface area contributed by atoms with E-state index in [-0.39, 0.29) is 6.03 Å². The van der Waals surface area contributed by atoms with Gasteiger partial charge in [-0.1, -0.05) is 36.4 Å².